The van der Waals surface area contributed by atoms with E-state index in [4.69, 9.17) is 0 Å². The van der Waals surface area contributed by atoms with Gasteiger partial charge in [-0.15, -0.1) is 0 Å². The van der Waals surface area contributed by atoms with Gasteiger partial charge >= 0.3 is 0 Å². The predicted molar refractivity (Wildman–Crippen MR) is 82.8 cm³/mol. The van der Waals surface area contributed by atoms with Crippen LogP contribution in [0.5, 0.6) is 0 Å². The Labute approximate surface area is 126 Å². The molecule has 1 aliphatic heterocycles. The van der Waals surface area contributed by atoms with Gasteiger partial charge in [0, 0.05) is 24.7 Å². The van der Waals surface area contributed by atoms with Crippen LogP contribution in [0, 0.1) is 13.8 Å². The summed E-state index contributed by atoms with van der Waals surface area (Å²) < 4.78 is 24.4. The number of benzene rings is 1. The molecule has 1 amide bonds. The third-order valence-electron chi connectivity index (χ3n) is 4.03. The minimum absolute atomic E-state index is 0.0390. The second-order valence-electron chi connectivity index (χ2n) is 5.71. The number of sulfonamides is 1. The molecule has 116 valence electrons. The number of hydrogen-bond acceptors (Lipinski definition) is 3. The Morgan fingerprint density at radius 2 is 1.81 bits per heavy atom. The fourth-order valence-electron chi connectivity index (χ4n) is 2.48. The lowest BCUT2D eigenvalue weighted by Crippen LogP contribution is -2.46. The summed E-state index contributed by atoms with van der Waals surface area (Å²) in [5.41, 5.74) is 2.91. The topological polar surface area (TPSA) is 66.5 Å². The maximum atomic E-state index is 12.2. The van der Waals surface area contributed by atoms with Crippen LogP contribution in [0.15, 0.2) is 18.2 Å². The molecule has 0 unspecified atom stereocenters. The van der Waals surface area contributed by atoms with Gasteiger partial charge < -0.3 is 5.32 Å². The van der Waals surface area contributed by atoms with Crippen molar-refractivity contribution in [2.75, 3.05) is 19.3 Å². The molecule has 0 radical (unpaired) electrons. The molecule has 0 aliphatic carbocycles. The number of nitrogens with one attached hydrogen (secondary N) is 1. The monoisotopic (exact) mass is 310 g/mol. The van der Waals surface area contributed by atoms with Gasteiger partial charge in [-0.3, -0.25) is 4.79 Å². The van der Waals surface area contributed by atoms with Gasteiger partial charge in [0.05, 0.1) is 6.26 Å². The molecule has 21 heavy (non-hydrogen) atoms. The van der Waals surface area contributed by atoms with Crippen molar-refractivity contribution >= 4 is 15.9 Å². The van der Waals surface area contributed by atoms with Gasteiger partial charge in [0.2, 0.25) is 10.0 Å². The zero-order valence-corrected chi connectivity index (χ0v) is 13.5. The molecule has 0 atom stereocenters. The fourth-order valence-corrected chi connectivity index (χ4v) is 3.36. The Hall–Kier alpha value is -1.40. The van der Waals surface area contributed by atoms with Crippen molar-refractivity contribution in [3.05, 3.63) is 34.9 Å². The number of piperidine rings is 1. The highest BCUT2D eigenvalue weighted by atomic mass is 32.2. The van der Waals surface area contributed by atoms with Crippen LogP contribution in [-0.2, 0) is 10.0 Å². The number of carbonyl (C=O) groups is 1. The van der Waals surface area contributed by atoms with Crippen molar-refractivity contribution in [3.63, 3.8) is 0 Å². The second kappa shape index (κ2) is 6.15. The van der Waals surface area contributed by atoms with Crippen LogP contribution in [0.1, 0.15) is 34.3 Å². The van der Waals surface area contributed by atoms with E-state index in [1.807, 2.05) is 32.0 Å². The van der Waals surface area contributed by atoms with Crippen molar-refractivity contribution in [2.24, 2.45) is 0 Å². The number of nitrogens with zero attached hydrogens (tertiary/aromatic N) is 1. The Morgan fingerprint density at radius 1 is 1.19 bits per heavy atom. The van der Waals surface area contributed by atoms with E-state index >= 15 is 0 Å². The molecule has 5 nitrogen and oxygen atoms in total. The summed E-state index contributed by atoms with van der Waals surface area (Å²) in [6.07, 6.45) is 2.54. The molecule has 1 saturated heterocycles. The van der Waals surface area contributed by atoms with Crippen LogP contribution in [0.3, 0.4) is 0 Å². The van der Waals surface area contributed by atoms with E-state index < -0.39 is 10.0 Å². The van der Waals surface area contributed by atoms with Gasteiger partial charge in [-0.1, -0.05) is 6.07 Å². The summed E-state index contributed by atoms with van der Waals surface area (Å²) in [6.45, 7) is 4.93. The first-order valence-corrected chi connectivity index (χ1v) is 8.95. The number of amides is 1. The molecule has 0 bridgehead atoms. The van der Waals surface area contributed by atoms with Crippen molar-refractivity contribution < 1.29 is 13.2 Å². The van der Waals surface area contributed by atoms with Crippen molar-refractivity contribution in [3.8, 4) is 0 Å². The lowest BCUT2D eigenvalue weighted by atomic mass is 10.0. The van der Waals surface area contributed by atoms with Crippen LogP contribution in [0.4, 0.5) is 0 Å². The van der Waals surface area contributed by atoms with Crippen LogP contribution in [0.25, 0.3) is 0 Å². The van der Waals surface area contributed by atoms with E-state index in [1.165, 1.54) is 10.6 Å². The zero-order chi connectivity index (χ0) is 15.6. The van der Waals surface area contributed by atoms with Crippen LogP contribution in [0.2, 0.25) is 0 Å². The molecule has 0 saturated carbocycles. The third kappa shape index (κ3) is 4.04. The van der Waals surface area contributed by atoms with E-state index in [-0.39, 0.29) is 11.9 Å². The maximum Gasteiger partial charge on any atom is 0.251 e. The smallest absolute Gasteiger partial charge is 0.251 e. The van der Waals surface area contributed by atoms with Gasteiger partial charge in [0.1, 0.15) is 0 Å². The zero-order valence-electron chi connectivity index (χ0n) is 12.7. The molecule has 2 rings (SSSR count). The van der Waals surface area contributed by atoms with Crippen molar-refractivity contribution in [1.82, 2.24) is 9.62 Å². The molecule has 1 aromatic rings. The Morgan fingerprint density at radius 3 is 2.33 bits per heavy atom. The minimum atomic E-state index is -3.12. The normalized spacial score (nSPS) is 17.7. The molecular formula is C15H22N2O3S. The highest BCUT2D eigenvalue weighted by molar-refractivity contribution is 7.88. The average molecular weight is 310 g/mol. The Balaban J connectivity index is 1.94. The second-order valence-corrected chi connectivity index (χ2v) is 7.69. The summed E-state index contributed by atoms with van der Waals surface area (Å²) >= 11 is 0. The molecular weight excluding hydrogens is 288 g/mol. The molecule has 0 aromatic heterocycles. The largest absolute Gasteiger partial charge is 0.349 e. The van der Waals surface area contributed by atoms with E-state index in [2.05, 4.69) is 5.32 Å². The lowest BCUT2D eigenvalue weighted by molar-refractivity contribution is 0.0924. The fraction of sp³-hybridized carbons (Fsp3) is 0.533. The first-order valence-electron chi connectivity index (χ1n) is 7.10. The minimum Gasteiger partial charge on any atom is -0.349 e. The quantitative estimate of drug-likeness (QED) is 0.919. The highest BCUT2D eigenvalue weighted by Crippen LogP contribution is 2.15. The summed E-state index contributed by atoms with van der Waals surface area (Å²) in [5.74, 6) is -0.0871. The first kappa shape index (κ1) is 16.0. The van der Waals surface area contributed by atoms with Crippen molar-refractivity contribution in [1.29, 1.82) is 0 Å². The van der Waals surface area contributed by atoms with E-state index in [1.54, 1.807) is 0 Å². The van der Waals surface area contributed by atoms with Gasteiger partial charge in [0.25, 0.3) is 5.91 Å². The average Bonchev–Trinajstić information content (AvgIpc) is 2.41. The summed E-state index contributed by atoms with van der Waals surface area (Å²) in [5, 5.41) is 2.99. The van der Waals surface area contributed by atoms with E-state index in [9.17, 15) is 13.2 Å². The van der Waals surface area contributed by atoms with Crippen LogP contribution in [-0.4, -0.2) is 44.0 Å². The summed E-state index contributed by atoms with van der Waals surface area (Å²) in [6, 6.07) is 5.69. The molecule has 1 fully saturated rings. The van der Waals surface area contributed by atoms with E-state index in [0.717, 1.165) is 11.1 Å². The van der Waals surface area contributed by atoms with Crippen molar-refractivity contribution in [2.45, 2.75) is 32.7 Å². The number of aryl methyl sites for hydroxylation is 2. The molecule has 1 heterocycles. The highest BCUT2D eigenvalue weighted by Gasteiger charge is 2.25. The maximum absolute atomic E-state index is 12.2. The Kier molecular flexibility index (Phi) is 4.68. The number of rotatable bonds is 3. The lowest BCUT2D eigenvalue weighted by Gasteiger charge is -2.30. The summed E-state index contributed by atoms with van der Waals surface area (Å²) in [4.78, 5) is 12.2. The van der Waals surface area contributed by atoms with Gasteiger partial charge in [-0.2, -0.15) is 0 Å². The molecule has 1 N–H and O–H groups in total. The van der Waals surface area contributed by atoms with Crippen LogP contribution >= 0.6 is 0 Å². The number of carbonyl (C=O) groups excluding carboxylic acids is 1. The predicted octanol–water partition coefficient (Wildman–Crippen LogP) is 1.46. The van der Waals surface area contributed by atoms with Crippen LogP contribution < -0.4 is 5.32 Å². The molecule has 1 aromatic carbocycles. The van der Waals surface area contributed by atoms with E-state index in [0.29, 0.717) is 31.5 Å². The van der Waals surface area contributed by atoms with Gasteiger partial charge in [-0.05, 0) is 49.9 Å². The van der Waals surface area contributed by atoms with Gasteiger partial charge in [0.15, 0.2) is 0 Å². The summed E-state index contributed by atoms with van der Waals surface area (Å²) in [7, 11) is -3.12. The molecule has 0 spiro atoms. The third-order valence-corrected chi connectivity index (χ3v) is 5.33. The molecule has 6 heteroatoms. The standard InChI is InChI=1S/C15H22N2O3S/c1-11-4-5-13(10-12(11)2)15(18)16-14-6-8-17(9-7-14)21(3,19)20/h4-5,10,14H,6-9H2,1-3H3,(H,16,18). The molecule has 1 aliphatic rings. The first-order chi connectivity index (χ1) is 9.77. The Bertz CT molecular complexity index is 632. The van der Waals surface area contributed by atoms with Gasteiger partial charge in [-0.25, -0.2) is 12.7 Å². The SMILES string of the molecule is Cc1ccc(C(=O)NC2CCN(S(C)(=O)=O)CC2)cc1C. The number of hydrogen-bond donors (Lipinski definition) is 1.